The van der Waals surface area contributed by atoms with E-state index in [2.05, 4.69) is 15.1 Å². The van der Waals surface area contributed by atoms with Gasteiger partial charge in [0.15, 0.2) is 0 Å². The van der Waals surface area contributed by atoms with Crippen molar-refractivity contribution in [3.05, 3.63) is 29.3 Å². The van der Waals surface area contributed by atoms with Crippen molar-refractivity contribution in [2.45, 2.75) is 32.7 Å². The number of hydrogen-bond donors (Lipinski definition) is 1. The predicted octanol–water partition coefficient (Wildman–Crippen LogP) is 2.10. The Morgan fingerprint density at radius 1 is 1.07 bits per heavy atom. The van der Waals surface area contributed by atoms with E-state index in [-0.39, 0.29) is 17.4 Å². The van der Waals surface area contributed by atoms with Crippen LogP contribution in [-0.2, 0) is 9.59 Å². The minimum absolute atomic E-state index is 0.0486. The van der Waals surface area contributed by atoms with Gasteiger partial charge in [-0.3, -0.25) is 19.4 Å². The second-order valence-corrected chi connectivity index (χ2v) is 9.26. The molecule has 0 saturated carbocycles. The van der Waals surface area contributed by atoms with Gasteiger partial charge in [-0.15, -0.1) is 0 Å². The second kappa shape index (κ2) is 11.5. The lowest BCUT2D eigenvalue weighted by Gasteiger charge is -2.25. The molecule has 0 unspecified atom stereocenters. The molecule has 1 aliphatic rings. The summed E-state index contributed by atoms with van der Waals surface area (Å²) in [5.41, 5.74) is -0.219. The lowest BCUT2D eigenvalue weighted by Crippen LogP contribution is -2.46. The zero-order valence-electron chi connectivity index (χ0n) is 18.6. The van der Waals surface area contributed by atoms with Crippen molar-refractivity contribution in [1.29, 1.82) is 0 Å². The molecule has 7 nitrogen and oxygen atoms in total. The van der Waals surface area contributed by atoms with Gasteiger partial charge in [-0.25, -0.2) is 0 Å². The molecule has 0 spiro atoms. The Balaban J connectivity index is 1.69. The molecular weight excluding hydrogens is 404 g/mol. The van der Waals surface area contributed by atoms with Crippen LogP contribution in [-0.4, -0.2) is 91.5 Å². The first-order chi connectivity index (χ1) is 14.1. The van der Waals surface area contributed by atoms with Crippen molar-refractivity contribution in [2.75, 3.05) is 59.5 Å². The van der Waals surface area contributed by atoms with Gasteiger partial charge in [0.25, 0.3) is 0 Å². The summed E-state index contributed by atoms with van der Waals surface area (Å²) in [6.45, 7) is 11.0. The van der Waals surface area contributed by atoms with Gasteiger partial charge in [-0.1, -0.05) is 11.6 Å². The Kier molecular flexibility index (Phi) is 9.39. The van der Waals surface area contributed by atoms with Crippen molar-refractivity contribution in [1.82, 2.24) is 20.0 Å². The van der Waals surface area contributed by atoms with Gasteiger partial charge in [0.1, 0.15) is 12.4 Å². The Bertz CT molecular complexity index is 691. The van der Waals surface area contributed by atoms with Crippen molar-refractivity contribution in [3.8, 4) is 5.75 Å². The molecule has 1 aromatic carbocycles. The van der Waals surface area contributed by atoms with Crippen molar-refractivity contribution < 1.29 is 14.3 Å². The Morgan fingerprint density at radius 2 is 1.67 bits per heavy atom. The topological polar surface area (TPSA) is 65.1 Å². The molecule has 0 bridgehead atoms. The zero-order valence-corrected chi connectivity index (χ0v) is 19.4. The first kappa shape index (κ1) is 24.4. The van der Waals surface area contributed by atoms with Gasteiger partial charge in [0.2, 0.25) is 11.8 Å². The van der Waals surface area contributed by atoms with E-state index in [1.807, 2.05) is 32.9 Å². The van der Waals surface area contributed by atoms with E-state index in [9.17, 15) is 9.59 Å². The number of likely N-dealkylation sites (N-methyl/N-ethyl adjacent to an activating group) is 1. The number of ether oxygens (including phenoxy) is 1. The Labute approximate surface area is 185 Å². The number of halogens is 1. The van der Waals surface area contributed by atoms with Crippen LogP contribution in [0.2, 0.25) is 5.02 Å². The van der Waals surface area contributed by atoms with Crippen LogP contribution in [0.25, 0.3) is 0 Å². The molecule has 1 aliphatic heterocycles. The summed E-state index contributed by atoms with van der Waals surface area (Å²) in [4.78, 5) is 30.8. The number of benzene rings is 1. The van der Waals surface area contributed by atoms with E-state index in [1.54, 1.807) is 24.1 Å². The summed E-state index contributed by atoms with van der Waals surface area (Å²) in [6, 6.07) is 7.19. The van der Waals surface area contributed by atoms with Gasteiger partial charge in [-0.05, 0) is 64.5 Å². The van der Waals surface area contributed by atoms with E-state index >= 15 is 0 Å². The molecule has 8 heteroatoms. The molecule has 30 heavy (non-hydrogen) atoms. The molecule has 1 N–H and O–H groups in total. The molecular formula is C22H35ClN4O3. The van der Waals surface area contributed by atoms with Crippen LogP contribution in [0.3, 0.4) is 0 Å². The number of amides is 2. The van der Waals surface area contributed by atoms with Crippen LogP contribution in [0.5, 0.6) is 5.75 Å². The number of carbonyl (C=O) groups is 2. The average Bonchev–Trinajstić information content (AvgIpc) is 2.86. The molecule has 1 saturated heterocycles. The number of nitrogens with zero attached hydrogens (tertiary/aromatic N) is 3. The largest absolute Gasteiger partial charge is 0.492 e. The molecule has 1 fully saturated rings. The van der Waals surface area contributed by atoms with E-state index < -0.39 is 0 Å². The first-order valence-electron chi connectivity index (χ1n) is 10.5. The highest BCUT2D eigenvalue weighted by molar-refractivity contribution is 6.30. The van der Waals surface area contributed by atoms with Crippen molar-refractivity contribution in [3.63, 3.8) is 0 Å². The zero-order chi connectivity index (χ0) is 22.1. The molecule has 2 amide bonds. The van der Waals surface area contributed by atoms with Crippen molar-refractivity contribution >= 4 is 23.4 Å². The molecule has 2 rings (SSSR count). The van der Waals surface area contributed by atoms with Gasteiger partial charge in [0.05, 0.1) is 19.6 Å². The molecule has 0 atom stereocenters. The highest BCUT2D eigenvalue weighted by Crippen LogP contribution is 2.15. The summed E-state index contributed by atoms with van der Waals surface area (Å²) in [5.74, 6) is 0.865. The maximum absolute atomic E-state index is 12.6. The second-order valence-electron chi connectivity index (χ2n) is 8.82. The first-order valence-corrected chi connectivity index (χ1v) is 10.9. The molecule has 0 aromatic heterocycles. The standard InChI is InChI=1S/C22H35ClN4O3/c1-22(2,3)24-20(28)16-26-10-5-11-27(13-12-26)17-21(29)25(4)14-15-30-19-8-6-18(23)7-9-19/h6-9H,5,10-17H2,1-4H3,(H,24,28). The fourth-order valence-corrected chi connectivity index (χ4v) is 3.40. The quantitative estimate of drug-likeness (QED) is 0.673. The van der Waals surface area contributed by atoms with Gasteiger partial charge < -0.3 is 15.0 Å². The van der Waals surface area contributed by atoms with Gasteiger partial charge in [-0.2, -0.15) is 0 Å². The van der Waals surface area contributed by atoms with E-state index in [4.69, 9.17) is 16.3 Å². The van der Waals surface area contributed by atoms with Crippen LogP contribution >= 0.6 is 11.6 Å². The van der Waals surface area contributed by atoms with Crippen molar-refractivity contribution in [2.24, 2.45) is 0 Å². The summed E-state index contributed by atoms with van der Waals surface area (Å²) in [5, 5.41) is 3.67. The number of nitrogens with one attached hydrogen (secondary N) is 1. The monoisotopic (exact) mass is 438 g/mol. The SMILES string of the molecule is CN(CCOc1ccc(Cl)cc1)C(=O)CN1CCCN(CC(=O)NC(C)(C)C)CC1. The lowest BCUT2D eigenvalue weighted by atomic mass is 10.1. The summed E-state index contributed by atoms with van der Waals surface area (Å²) < 4.78 is 5.67. The number of rotatable bonds is 8. The molecule has 0 radical (unpaired) electrons. The normalized spacial score (nSPS) is 16.0. The van der Waals surface area contributed by atoms with E-state index in [0.717, 1.165) is 38.3 Å². The smallest absolute Gasteiger partial charge is 0.236 e. The highest BCUT2D eigenvalue weighted by atomic mass is 35.5. The summed E-state index contributed by atoms with van der Waals surface area (Å²) in [7, 11) is 1.80. The Morgan fingerprint density at radius 3 is 2.27 bits per heavy atom. The predicted molar refractivity (Wildman–Crippen MR) is 120 cm³/mol. The highest BCUT2D eigenvalue weighted by Gasteiger charge is 2.21. The van der Waals surface area contributed by atoms with Crippen LogP contribution < -0.4 is 10.1 Å². The summed E-state index contributed by atoms with van der Waals surface area (Å²) in [6.07, 6.45) is 0.944. The Hall–Kier alpha value is -1.83. The summed E-state index contributed by atoms with van der Waals surface area (Å²) >= 11 is 5.87. The van der Waals surface area contributed by atoms with E-state index in [1.165, 1.54) is 0 Å². The molecule has 168 valence electrons. The van der Waals surface area contributed by atoms with Crippen LogP contribution in [0.15, 0.2) is 24.3 Å². The maximum atomic E-state index is 12.6. The third-order valence-corrected chi connectivity index (χ3v) is 5.11. The van der Waals surface area contributed by atoms with Gasteiger partial charge in [0, 0.05) is 30.7 Å². The molecule has 1 heterocycles. The average molecular weight is 439 g/mol. The number of carbonyl (C=O) groups excluding carboxylic acids is 2. The lowest BCUT2D eigenvalue weighted by molar-refractivity contribution is -0.131. The molecule has 0 aliphatic carbocycles. The van der Waals surface area contributed by atoms with Crippen LogP contribution in [0, 0.1) is 0 Å². The third-order valence-electron chi connectivity index (χ3n) is 4.86. The van der Waals surface area contributed by atoms with Crippen LogP contribution in [0.4, 0.5) is 0 Å². The fraction of sp³-hybridized carbons (Fsp3) is 0.636. The van der Waals surface area contributed by atoms with Crippen LogP contribution in [0.1, 0.15) is 27.2 Å². The van der Waals surface area contributed by atoms with E-state index in [0.29, 0.717) is 31.3 Å². The molecule has 1 aromatic rings. The van der Waals surface area contributed by atoms with Gasteiger partial charge >= 0.3 is 0 Å². The fourth-order valence-electron chi connectivity index (χ4n) is 3.27. The minimum atomic E-state index is -0.219. The third kappa shape index (κ3) is 9.32. The minimum Gasteiger partial charge on any atom is -0.492 e. The number of hydrogen-bond acceptors (Lipinski definition) is 5. The maximum Gasteiger partial charge on any atom is 0.236 e.